The normalized spacial score (nSPS) is 41.2. The maximum absolute atomic E-state index is 4.87. The maximum atomic E-state index is 4.87. The van der Waals surface area contributed by atoms with Gasteiger partial charge in [0.15, 0.2) is 0 Å². The number of azo groups is 1. The summed E-state index contributed by atoms with van der Waals surface area (Å²) in [6.45, 7) is 11.3. The van der Waals surface area contributed by atoms with Gasteiger partial charge in [-0.25, -0.2) is 0 Å². The van der Waals surface area contributed by atoms with Crippen molar-refractivity contribution in [3.63, 3.8) is 0 Å². The van der Waals surface area contributed by atoms with E-state index >= 15 is 0 Å². The van der Waals surface area contributed by atoms with Crippen LogP contribution in [0.5, 0.6) is 0 Å². The predicted octanol–water partition coefficient (Wildman–Crippen LogP) is 6.26. The summed E-state index contributed by atoms with van der Waals surface area (Å²) < 4.78 is 0. The van der Waals surface area contributed by atoms with E-state index in [1.54, 1.807) is 5.57 Å². The fraction of sp³-hybridized carbons (Fsp3) is 0.714. The van der Waals surface area contributed by atoms with Crippen molar-refractivity contribution < 1.29 is 0 Å². The second-order valence-electron chi connectivity index (χ2n) is 8.42. The molecule has 126 valence electrons. The average molecular weight is 313 g/mol. The van der Waals surface area contributed by atoms with E-state index in [9.17, 15) is 0 Å². The van der Waals surface area contributed by atoms with Gasteiger partial charge in [0.05, 0.1) is 11.6 Å². The molecule has 0 saturated heterocycles. The van der Waals surface area contributed by atoms with Crippen molar-refractivity contribution in [1.29, 1.82) is 0 Å². The van der Waals surface area contributed by atoms with Gasteiger partial charge in [0.1, 0.15) is 0 Å². The molecule has 5 atom stereocenters. The van der Waals surface area contributed by atoms with E-state index in [0.717, 1.165) is 5.92 Å². The molecule has 0 aromatic carbocycles. The molecule has 0 fully saturated rings. The predicted molar refractivity (Wildman–Crippen MR) is 97.5 cm³/mol. The molecule has 0 amide bonds. The molecular formula is C21H32N2. The molecule has 3 aliphatic carbocycles. The van der Waals surface area contributed by atoms with Gasteiger partial charge < -0.3 is 0 Å². The highest BCUT2D eigenvalue weighted by Gasteiger charge is 2.34. The van der Waals surface area contributed by atoms with Gasteiger partial charge in [-0.15, -0.1) is 0 Å². The highest BCUT2D eigenvalue weighted by Crippen LogP contribution is 2.40. The number of fused-ring (bicyclic) bond motifs is 1. The topological polar surface area (TPSA) is 24.7 Å². The molecule has 0 saturated carbocycles. The molecule has 2 nitrogen and oxygen atoms in total. The Bertz CT molecular complexity index is 581. The van der Waals surface area contributed by atoms with Crippen LogP contribution in [-0.4, -0.2) is 11.6 Å². The van der Waals surface area contributed by atoms with Crippen molar-refractivity contribution >= 4 is 0 Å². The Kier molecular flexibility index (Phi) is 4.62. The van der Waals surface area contributed by atoms with Crippen LogP contribution in [0.3, 0.4) is 0 Å². The van der Waals surface area contributed by atoms with E-state index in [1.165, 1.54) is 43.3 Å². The van der Waals surface area contributed by atoms with Crippen molar-refractivity contribution in [3.8, 4) is 0 Å². The van der Waals surface area contributed by atoms with Gasteiger partial charge >= 0.3 is 0 Å². The van der Waals surface area contributed by atoms with E-state index in [4.69, 9.17) is 10.2 Å². The highest BCUT2D eigenvalue weighted by molar-refractivity contribution is 5.23. The van der Waals surface area contributed by atoms with E-state index in [1.807, 2.05) is 0 Å². The van der Waals surface area contributed by atoms with Gasteiger partial charge in [0.2, 0.25) is 0 Å². The molecule has 0 aromatic rings. The van der Waals surface area contributed by atoms with Crippen molar-refractivity contribution in [2.45, 2.75) is 78.3 Å². The molecule has 2 heteroatoms. The molecule has 0 aliphatic heterocycles. The molecule has 0 spiro atoms. The quantitative estimate of drug-likeness (QED) is 0.424. The minimum Gasteiger partial charge on any atom is -0.185 e. The van der Waals surface area contributed by atoms with Crippen LogP contribution in [0.2, 0.25) is 0 Å². The van der Waals surface area contributed by atoms with Crippen LogP contribution in [0.15, 0.2) is 45.2 Å². The minimum atomic E-state index is -0.109. The minimum absolute atomic E-state index is 0.109. The highest BCUT2D eigenvalue weighted by atomic mass is 15.2. The van der Waals surface area contributed by atoms with Gasteiger partial charge in [-0.1, -0.05) is 41.9 Å². The van der Waals surface area contributed by atoms with Crippen molar-refractivity contribution in [2.24, 2.45) is 28.0 Å². The first-order chi connectivity index (χ1) is 10.9. The summed E-state index contributed by atoms with van der Waals surface area (Å²) in [6.07, 6.45) is 13.5. The van der Waals surface area contributed by atoms with Crippen LogP contribution in [-0.2, 0) is 0 Å². The fourth-order valence-corrected chi connectivity index (χ4v) is 4.41. The van der Waals surface area contributed by atoms with Gasteiger partial charge in [0.25, 0.3) is 0 Å². The summed E-state index contributed by atoms with van der Waals surface area (Å²) in [5.41, 5.74) is 4.32. The molecule has 0 N–H and O–H groups in total. The summed E-state index contributed by atoms with van der Waals surface area (Å²) in [7, 11) is 0. The third-order valence-electron chi connectivity index (χ3n) is 6.36. The smallest absolute Gasteiger partial charge is 0.0995 e. The second-order valence-corrected chi connectivity index (χ2v) is 8.42. The number of rotatable bonds is 2. The third kappa shape index (κ3) is 3.51. The van der Waals surface area contributed by atoms with Crippen LogP contribution >= 0.6 is 0 Å². The van der Waals surface area contributed by atoms with E-state index < -0.39 is 0 Å². The van der Waals surface area contributed by atoms with E-state index in [-0.39, 0.29) is 5.54 Å². The zero-order chi connectivity index (χ0) is 16.6. The van der Waals surface area contributed by atoms with E-state index in [2.05, 4.69) is 52.8 Å². The molecule has 0 aromatic heterocycles. The monoisotopic (exact) mass is 312 g/mol. The zero-order valence-corrected chi connectivity index (χ0v) is 15.5. The molecule has 0 radical (unpaired) electrons. The second kappa shape index (κ2) is 6.37. The summed E-state index contributed by atoms with van der Waals surface area (Å²) >= 11 is 0. The largest absolute Gasteiger partial charge is 0.185 e. The van der Waals surface area contributed by atoms with Crippen molar-refractivity contribution in [1.82, 2.24) is 0 Å². The van der Waals surface area contributed by atoms with Crippen LogP contribution in [0, 0.1) is 17.8 Å². The van der Waals surface area contributed by atoms with Crippen LogP contribution in [0.1, 0.15) is 66.7 Å². The van der Waals surface area contributed by atoms with Crippen LogP contribution in [0.25, 0.3) is 0 Å². The van der Waals surface area contributed by atoms with Crippen molar-refractivity contribution in [2.75, 3.05) is 0 Å². The Labute approximate surface area is 141 Å². The summed E-state index contributed by atoms with van der Waals surface area (Å²) in [5.74, 6) is 1.98. The van der Waals surface area contributed by atoms with E-state index in [0.29, 0.717) is 17.9 Å². The van der Waals surface area contributed by atoms with Gasteiger partial charge in [-0.05, 0) is 77.6 Å². The van der Waals surface area contributed by atoms with Gasteiger partial charge in [0, 0.05) is 0 Å². The van der Waals surface area contributed by atoms with Crippen molar-refractivity contribution in [3.05, 3.63) is 34.9 Å². The van der Waals surface area contributed by atoms with Crippen LogP contribution in [0.4, 0.5) is 0 Å². The Balaban J connectivity index is 1.78. The number of nitrogens with zero attached hydrogens (tertiary/aromatic N) is 2. The molecule has 0 bridgehead atoms. The summed E-state index contributed by atoms with van der Waals surface area (Å²) in [4.78, 5) is 0. The zero-order valence-electron chi connectivity index (χ0n) is 15.5. The average Bonchev–Trinajstić information content (AvgIpc) is 2.49. The Morgan fingerprint density at radius 1 is 1.04 bits per heavy atom. The Morgan fingerprint density at radius 3 is 2.57 bits per heavy atom. The molecule has 3 aliphatic rings. The lowest BCUT2D eigenvalue weighted by molar-refractivity contribution is 0.306. The Morgan fingerprint density at radius 2 is 1.78 bits per heavy atom. The lowest BCUT2D eigenvalue weighted by atomic mass is 9.72. The molecule has 23 heavy (non-hydrogen) atoms. The number of hydrogen-bond donors (Lipinski definition) is 0. The fourth-order valence-electron chi connectivity index (χ4n) is 4.41. The molecule has 0 heterocycles. The Hall–Kier alpha value is -1.18. The number of hydrogen-bond acceptors (Lipinski definition) is 2. The standard InChI is InChI=1S/C21H32N2/c1-14-7-9-18-12-20(16(3)11-19(18)10-14)22-23-21(5)13-15(2)6-8-17(21)4/h10-11,13,17-20H,6-9,12H2,1-5H3. The maximum Gasteiger partial charge on any atom is 0.0995 e. The summed E-state index contributed by atoms with van der Waals surface area (Å²) in [5, 5.41) is 9.71. The molecular weight excluding hydrogens is 280 g/mol. The first kappa shape index (κ1) is 16.7. The van der Waals surface area contributed by atoms with Gasteiger partial charge in [-0.2, -0.15) is 10.2 Å². The van der Waals surface area contributed by atoms with Crippen LogP contribution < -0.4 is 0 Å². The lowest BCUT2D eigenvalue weighted by Crippen LogP contribution is -2.32. The lowest BCUT2D eigenvalue weighted by Gasteiger charge is -2.36. The van der Waals surface area contributed by atoms with Gasteiger partial charge in [-0.3, -0.25) is 0 Å². The molecule has 5 unspecified atom stereocenters. The first-order valence-corrected chi connectivity index (χ1v) is 9.33. The first-order valence-electron chi connectivity index (χ1n) is 9.33. The molecule has 3 rings (SSSR count). The SMILES string of the molecule is CC1=CC2C=C(C)C(N=NC3(C)C=C(C)CCC3C)CC2CC1. The third-order valence-corrected chi connectivity index (χ3v) is 6.36. The number of allylic oxidation sites excluding steroid dienone is 4. The summed E-state index contributed by atoms with van der Waals surface area (Å²) in [6, 6.07) is 0.294.